The molecule has 2 N–H and O–H groups in total. The van der Waals surface area contributed by atoms with Crippen LogP contribution in [0.1, 0.15) is 0 Å². The van der Waals surface area contributed by atoms with Crippen molar-refractivity contribution in [1.82, 2.24) is 0 Å². The van der Waals surface area contributed by atoms with Crippen molar-refractivity contribution in [3.05, 3.63) is 0 Å². The summed E-state index contributed by atoms with van der Waals surface area (Å²) in [7, 11) is 0. The van der Waals surface area contributed by atoms with Gasteiger partial charge in [-0.25, -0.2) is 10.5 Å². The van der Waals surface area contributed by atoms with Crippen molar-refractivity contribution < 1.29 is 31.3 Å². The van der Waals surface area contributed by atoms with E-state index in [0.29, 0.717) is 0 Å². The van der Waals surface area contributed by atoms with Crippen LogP contribution in [0.5, 0.6) is 0 Å². The second-order valence-electron chi connectivity index (χ2n) is 0.183. The van der Waals surface area contributed by atoms with Crippen LogP contribution in [0.3, 0.4) is 0 Å². The minimum absolute atomic E-state index is 0. The first-order chi connectivity index (χ1) is 2.83. The Bertz CT molecular complexity index is 73.0. The van der Waals surface area contributed by atoms with E-state index in [1.165, 1.54) is 10.8 Å². The average molecular weight is 313 g/mol. The van der Waals surface area contributed by atoms with Crippen molar-refractivity contribution in [2.24, 2.45) is 0 Å². The van der Waals surface area contributed by atoms with E-state index < -0.39 is 0 Å². The summed E-state index contributed by atoms with van der Waals surface area (Å²) in [6.45, 7) is 0. The summed E-state index contributed by atoms with van der Waals surface area (Å²) in [6.07, 6.45) is 0. The Morgan fingerprint density at radius 3 is 1.00 bits per heavy atom. The predicted molar refractivity (Wildman–Crippen MR) is 29.6 cm³/mol. The molecule has 0 aliphatic heterocycles. The van der Waals surface area contributed by atoms with Gasteiger partial charge in [-0.1, -0.05) is 10.8 Å². The molecule has 0 aromatic heterocycles. The molecule has 8 heavy (non-hydrogen) atoms. The van der Waals surface area contributed by atoms with Crippen LogP contribution in [0.4, 0.5) is 0 Å². The number of rotatable bonds is 0. The molecule has 0 spiro atoms. The van der Waals surface area contributed by atoms with E-state index in [2.05, 4.69) is 25.3 Å². The molecule has 0 bridgehead atoms. The number of hydrogen-bond donors (Lipinski definition) is 0. The zero-order chi connectivity index (χ0) is 5.41. The van der Waals surface area contributed by atoms with E-state index in [4.69, 9.17) is 10.5 Å². The van der Waals surface area contributed by atoms with E-state index in [9.17, 15) is 0 Å². The van der Waals surface area contributed by atoms with E-state index >= 15 is 0 Å². The summed E-state index contributed by atoms with van der Waals surface area (Å²) >= 11 is 7.40. The van der Waals surface area contributed by atoms with Crippen molar-refractivity contribution in [2.45, 2.75) is 0 Å². The SMILES string of the molecule is N#C[S-].N#C[S-].O.[Hf]. The van der Waals surface area contributed by atoms with Crippen molar-refractivity contribution in [2.75, 3.05) is 0 Å². The molecule has 0 unspecified atom stereocenters. The van der Waals surface area contributed by atoms with E-state index in [0.717, 1.165) is 0 Å². The summed E-state index contributed by atoms with van der Waals surface area (Å²) in [6, 6.07) is 0. The van der Waals surface area contributed by atoms with Crippen LogP contribution >= 0.6 is 0 Å². The summed E-state index contributed by atoms with van der Waals surface area (Å²) in [5, 5.41) is 16.9. The zero-order valence-corrected chi connectivity index (χ0v) is 8.94. The van der Waals surface area contributed by atoms with Crippen LogP contribution < -0.4 is 0 Å². The maximum Gasteiger partial charge on any atom is 0 e. The molecule has 0 atom stereocenters. The van der Waals surface area contributed by atoms with Crippen LogP contribution in [0.25, 0.3) is 0 Å². The van der Waals surface area contributed by atoms with Gasteiger partial charge in [-0.2, -0.15) is 0 Å². The number of nitriles is 2. The first kappa shape index (κ1) is 24.0. The maximum atomic E-state index is 7.13. The molecule has 0 aliphatic rings. The number of nitrogens with zero attached hydrogens (tertiary/aromatic N) is 2. The molecule has 6 heteroatoms. The van der Waals surface area contributed by atoms with Gasteiger partial charge in [0.2, 0.25) is 0 Å². The predicted octanol–water partition coefficient (Wildman–Crippen LogP) is -0.798. The second kappa shape index (κ2) is 55.9. The largest absolute Gasteiger partial charge is 0.696 e. The molecule has 0 aromatic carbocycles. The third-order valence-corrected chi connectivity index (χ3v) is 0. The summed E-state index contributed by atoms with van der Waals surface area (Å²) in [5.74, 6) is 0. The Labute approximate surface area is 77.6 Å². The van der Waals surface area contributed by atoms with Crippen LogP contribution in [-0.4, -0.2) is 5.48 Å². The minimum Gasteiger partial charge on any atom is -0.696 e. The van der Waals surface area contributed by atoms with E-state index in [-0.39, 0.29) is 31.3 Å². The van der Waals surface area contributed by atoms with Gasteiger partial charge in [-0.15, -0.1) is 0 Å². The fourth-order valence-corrected chi connectivity index (χ4v) is 0. The number of hydrogen-bond acceptors (Lipinski definition) is 4. The van der Waals surface area contributed by atoms with Crippen LogP contribution in [0.15, 0.2) is 0 Å². The zero-order valence-electron chi connectivity index (χ0n) is 3.71. The van der Waals surface area contributed by atoms with Gasteiger partial charge in [0.1, 0.15) is 0 Å². The van der Waals surface area contributed by atoms with Crippen LogP contribution in [0.2, 0.25) is 0 Å². The van der Waals surface area contributed by atoms with Crippen molar-refractivity contribution in [1.29, 1.82) is 10.5 Å². The molecule has 0 saturated carbocycles. The Kier molecular flexibility index (Phi) is 168. The molecule has 0 amide bonds. The first-order valence-corrected chi connectivity index (χ1v) is 1.67. The second-order valence-corrected chi connectivity index (χ2v) is 0.548. The van der Waals surface area contributed by atoms with E-state index in [1.54, 1.807) is 0 Å². The standard InChI is InChI=1S/2CHNS.Hf.H2O/c2*2-1-3;;/h2*3H;;1H2/p-2. The summed E-state index contributed by atoms with van der Waals surface area (Å²) < 4.78 is 0. The Morgan fingerprint density at radius 2 is 1.00 bits per heavy atom. The fourth-order valence-electron chi connectivity index (χ4n) is 0. The van der Waals surface area contributed by atoms with E-state index in [1.807, 2.05) is 0 Å². The molecule has 0 saturated heterocycles. The molecular weight excluding hydrogens is 311 g/mol. The molecule has 0 heterocycles. The fraction of sp³-hybridized carbons (Fsp3) is 0. The van der Waals surface area contributed by atoms with Crippen LogP contribution in [-0.2, 0) is 51.1 Å². The molecule has 0 aliphatic carbocycles. The van der Waals surface area contributed by atoms with Gasteiger partial charge >= 0.3 is 0 Å². The van der Waals surface area contributed by atoms with Crippen LogP contribution in [0, 0.1) is 21.3 Å². The summed E-state index contributed by atoms with van der Waals surface area (Å²) in [5.41, 5.74) is 0. The van der Waals surface area contributed by atoms with Crippen molar-refractivity contribution in [3.63, 3.8) is 0 Å². The Hall–Kier alpha value is 0.250. The maximum absolute atomic E-state index is 7.13. The third-order valence-electron chi connectivity index (χ3n) is 0. The van der Waals surface area contributed by atoms with Gasteiger partial charge in [0.05, 0.1) is 0 Å². The summed E-state index contributed by atoms with van der Waals surface area (Å²) in [4.78, 5) is 0. The topological polar surface area (TPSA) is 79.1 Å². The van der Waals surface area contributed by atoms with Crippen molar-refractivity contribution in [3.8, 4) is 10.8 Å². The van der Waals surface area contributed by atoms with Crippen molar-refractivity contribution >= 4 is 25.3 Å². The average Bonchev–Trinajstić information content (AvgIpc) is 1.39. The first-order valence-electron chi connectivity index (χ1n) is 0.855. The Balaban J connectivity index is -0.0000000160. The molecule has 0 radical (unpaired) electrons. The quantitative estimate of drug-likeness (QED) is 0.333. The third kappa shape index (κ3) is 2750. The van der Waals surface area contributed by atoms with Gasteiger partial charge in [-0.3, -0.25) is 0 Å². The Morgan fingerprint density at radius 1 is 1.00 bits per heavy atom. The molecule has 0 aromatic rings. The molecule has 3 nitrogen and oxygen atoms in total. The molecule has 0 fully saturated rings. The van der Waals surface area contributed by atoms with Gasteiger partial charge in [0.25, 0.3) is 0 Å². The molecule has 44 valence electrons. The normalized spacial score (nSPS) is 1.75. The van der Waals surface area contributed by atoms with Gasteiger partial charge in [0, 0.05) is 25.8 Å². The molecule has 0 rings (SSSR count). The minimum atomic E-state index is 0. The number of thiocyanates is 2. The molecular formula is C2H2HfN2OS2-2. The smallest absolute Gasteiger partial charge is 0 e. The van der Waals surface area contributed by atoms with Gasteiger partial charge in [-0.05, 0) is 0 Å². The van der Waals surface area contributed by atoms with Gasteiger partial charge in [0.15, 0.2) is 0 Å². The van der Waals surface area contributed by atoms with Gasteiger partial charge < -0.3 is 30.7 Å². The monoisotopic (exact) mass is 314 g/mol.